The standard InChI is InChI=1S/C15H22N2O3/c1-4-17(12(2)10-14(18)19)15(20)16(3)11-13-8-6-5-7-9-13/h5-9,12H,4,10-11H2,1-3H3,(H,18,19). The van der Waals surface area contributed by atoms with E-state index in [0.29, 0.717) is 13.1 Å². The van der Waals surface area contributed by atoms with Gasteiger partial charge in [-0.2, -0.15) is 0 Å². The molecule has 1 aromatic carbocycles. The van der Waals surface area contributed by atoms with Gasteiger partial charge in [0, 0.05) is 26.2 Å². The Kier molecular flexibility index (Phi) is 6.03. The molecule has 0 saturated carbocycles. The summed E-state index contributed by atoms with van der Waals surface area (Å²) in [7, 11) is 1.73. The van der Waals surface area contributed by atoms with Crippen molar-refractivity contribution in [3.8, 4) is 0 Å². The van der Waals surface area contributed by atoms with Gasteiger partial charge in [-0.05, 0) is 19.4 Å². The van der Waals surface area contributed by atoms with E-state index in [-0.39, 0.29) is 18.5 Å². The molecule has 0 heterocycles. The molecular formula is C15H22N2O3. The predicted octanol–water partition coefficient (Wildman–Crippen LogP) is 2.42. The molecule has 0 saturated heterocycles. The lowest BCUT2D eigenvalue weighted by atomic mass is 10.2. The van der Waals surface area contributed by atoms with Crippen LogP contribution in [-0.2, 0) is 11.3 Å². The van der Waals surface area contributed by atoms with E-state index in [1.54, 1.807) is 23.8 Å². The van der Waals surface area contributed by atoms with E-state index in [0.717, 1.165) is 5.56 Å². The molecule has 20 heavy (non-hydrogen) atoms. The molecule has 0 radical (unpaired) electrons. The van der Waals surface area contributed by atoms with Crippen LogP contribution in [0.1, 0.15) is 25.8 Å². The number of nitrogens with zero attached hydrogens (tertiary/aromatic N) is 2. The Hall–Kier alpha value is -2.04. The molecule has 0 bridgehead atoms. The number of aliphatic carboxylic acids is 1. The molecule has 0 aliphatic rings. The Labute approximate surface area is 119 Å². The minimum atomic E-state index is -0.894. The molecule has 1 aromatic rings. The van der Waals surface area contributed by atoms with Crippen LogP contribution in [0.25, 0.3) is 0 Å². The molecule has 110 valence electrons. The third-order valence-electron chi connectivity index (χ3n) is 3.18. The topological polar surface area (TPSA) is 60.9 Å². The summed E-state index contributed by atoms with van der Waals surface area (Å²) < 4.78 is 0. The van der Waals surface area contributed by atoms with Gasteiger partial charge < -0.3 is 14.9 Å². The molecule has 0 aliphatic carbocycles. The summed E-state index contributed by atoms with van der Waals surface area (Å²) in [6, 6.07) is 9.24. The lowest BCUT2D eigenvalue weighted by molar-refractivity contribution is -0.138. The van der Waals surface area contributed by atoms with Crippen molar-refractivity contribution in [2.45, 2.75) is 32.9 Å². The summed E-state index contributed by atoms with van der Waals surface area (Å²) in [4.78, 5) is 26.3. The number of amides is 2. The van der Waals surface area contributed by atoms with E-state index in [2.05, 4.69) is 0 Å². The highest BCUT2D eigenvalue weighted by atomic mass is 16.4. The van der Waals surface area contributed by atoms with Crippen molar-refractivity contribution in [3.63, 3.8) is 0 Å². The van der Waals surface area contributed by atoms with Crippen LogP contribution in [0.5, 0.6) is 0 Å². The Morgan fingerprint density at radius 2 is 1.85 bits per heavy atom. The van der Waals surface area contributed by atoms with Crippen molar-refractivity contribution in [2.24, 2.45) is 0 Å². The van der Waals surface area contributed by atoms with E-state index < -0.39 is 5.97 Å². The van der Waals surface area contributed by atoms with Crippen LogP contribution < -0.4 is 0 Å². The number of hydrogen-bond donors (Lipinski definition) is 1. The van der Waals surface area contributed by atoms with Crippen LogP contribution in [0, 0.1) is 0 Å². The lowest BCUT2D eigenvalue weighted by Gasteiger charge is -2.31. The van der Waals surface area contributed by atoms with Crippen molar-refractivity contribution in [2.75, 3.05) is 13.6 Å². The number of carbonyl (C=O) groups is 2. The number of carboxylic acid groups (broad SMARTS) is 1. The molecule has 1 atom stereocenters. The molecule has 5 nitrogen and oxygen atoms in total. The maximum Gasteiger partial charge on any atom is 0.320 e. The first-order valence-corrected chi connectivity index (χ1v) is 6.73. The van der Waals surface area contributed by atoms with Gasteiger partial charge in [0.15, 0.2) is 0 Å². The van der Waals surface area contributed by atoms with E-state index in [1.807, 2.05) is 37.3 Å². The molecule has 1 unspecified atom stereocenters. The maximum atomic E-state index is 12.4. The highest BCUT2D eigenvalue weighted by molar-refractivity contribution is 5.75. The third kappa shape index (κ3) is 4.57. The lowest BCUT2D eigenvalue weighted by Crippen LogP contribution is -2.46. The second kappa shape index (κ2) is 7.53. The first-order chi connectivity index (χ1) is 9.45. The second-order valence-electron chi connectivity index (χ2n) is 4.86. The first-order valence-electron chi connectivity index (χ1n) is 6.73. The van der Waals surface area contributed by atoms with E-state index >= 15 is 0 Å². The van der Waals surface area contributed by atoms with Gasteiger partial charge in [-0.3, -0.25) is 4.79 Å². The average molecular weight is 278 g/mol. The van der Waals surface area contributed by atoms with Gasteiger partial charge in [0.2, 0.25) is 0 Å². The Morgan fingerprint density at radius 3 is 2.35 bits per heavy atom. The van der Waals surface area contributed by atoms with Crippen molar-refractivity contribution in [3.05, 3.63) is 35.9 Å². The number of carbonyl (C=O) groups excluding carboxylic acids is 1. The minimum absolute atomic E-state index is 0.0429. The Bertz CT molecular complexity index is 448. The Morgan fingerprint density at radius 1 is 1.25 bits per heavy atom. The SMILES string of the molecule is CCN(C(=O)N(C)Cc1ccccc1)C(C)CC(=O)O. The van der Waals surface area contributed by atoms with E-state index in [4.69, 9.17) is 5.11 Å². The monoisotopic (exact) mass is 278 g/mol. The number of benzene rings is 1. The number of carboxylic acids is 1. The van der Waals surface area contributed by atoms with Crippen LogP contribution in [0.3, 0.4) is 0 Å². The molecule has 5 heteroatoms. The number of urea groups is 1. The largest absolute Gasteiger partial charge is 0.481 e. The summed E-state index contributed by atoms with van der Waals surface area (Å²) >= 11 is 0. The molecule has 1 rings (SSSR count). The van der Waals surface area contributed by atoms with Crippen molar-refractivity contribution < 1.29 is 14.7 Å². The number of rotatable bonds is 6. The quantitative estimate of drug-likeness (QED) is 0.869. The van der Waals surface area contributed by atoms with Crippen LogP contribution in [-0.4, -0.2) is 46.5 Å². The van der Waals surface area contributed by atoms with Gasteiger partial charge >= 0.3 is 12.0 Å². The highest BCUT2D eigenvalue weighted by Gasteiger charge is 2.23. The summed E-state index contributed by atoms with van der Waals surface area (Å²) in [5.41, 5.74) is 1.05. The normalized spacial score (nSPS) is 11.8. The fraction of sp³-hybridized carbons (Fsp3) is 0.467. The highest BCUT2D eigenvalue weighted by Crippen LogP contribution is 2.10. The van der Waals surface area contributed by atoms with Gasteiger partial charge in [-0.25, -0.2) is 4.79 Å². The van der Waals surface area contributed by atoms with Gasteiger partial charge in [0.1, 0.15) is 0 Å². The maximum absolute atomic E-state index is 12.4. The minimum Gasteiger partial charge on any atom is -0.481 e. The summed E-state index contributed by atoms with van der Waals surface area (Å²) in [5.74, 6) is -0.894. The number of hydrogen-bond acceptors (Lipinski definition) is 2. The smallest absolute Gasteiger partial charge is 0.320 e. The van der Waals surface area contributed by atoms with Gasteiger partial charge in [0.05, 0.1) is 6.42 Å². The fourth-order valence-electron chi connectivity index (χ4n) is 2.14. The molecule has 0 fully saturated rings. The van der Waals surface area contributed by atoms with Gasteiger partial charge in [0.25, 0.3) is 0 Å². The van der Waals surface area contributed by atoms with E-state index in [1.165, 1.54) is 0 Å². The second-order valence-corrected chi connectivity index (χ2v) is 4.86. The summed E-state index contributed by atoms with van der Waals surface area (Å²) in [6.07, 6.45) is -0.0429. The van der Waals surface area contributed by atoms with Crippen LogP contribution >= 0.6 is 0 Å². The van der Waals surface area contributed by atoms with Crippen LogP contribution in [0.4, 0.5) is 4.79 Å². The van der Waals surface area contributed by atoms with Gasteiger partial charge in [-0.1, -0.05) is 30.3 Å². The van der Waals surface area contributed by atoms with Crippen LogP contribution in [0.15, 0.2) is 30.3 Å². The van der Waals surface area contributed by atoms with Crippen LogP contribution in [0.2, 0.25) is 0 Å². The zero-order valence-electron chi connectivity index (χ0n) is 12.2. The molecule has 0 spiro atoms. The molecule has 1 N–H and O–H groups in total. The third-order valence-corrected chi connectivity index (χ3v) is 3.18. The van der Waals surface area contributed by atoms with Crippen molar-refractivity contribution >= 4 is 12.0 Å². The average Bonchev–Trinajstić information content (AvgIpc) is 2.39. The molecular weight excluding hydrogens is 256 g/mol. The Balaban J connectivity index is 2.68. The summed E-state index contributed by atoms with van der Waals surface area (Å²) in [6.45, 7) is 4.61. The molecule has 0 aliphatic heterocycles. The van der Waals surface area contributed by atoms with Crippen molar-refractivity contribution in [1.82, 2.24) is 9.80 Å². The molecule has 2 amide bonds. The zero-order chi connectivity index (χ0) is 15.1. The van der Waals surface area contributed by atoms with Crippen molar-refractivity contribution in [1.29, 1.82) is 0 Å². The zero-order valence-corrected chi connectivity index (χ0v) is 12.2. The van der Waals surface area contributed by atoms with Gasteiger partial charge in [-0.15, -0.1) is 0 Å². The predicted molar refractivity (Wildman–Crippen MR) is 77.4 cm³/mol. The fourth-order valence-corrected chi connectivity index (χ4v) is 2.14. The van der Waals surface area contributed by atoms with E-state index in [9.17, 15) is 9.59 Å². The molecule has 0 aromatic heterocycles. The first kappa shape index (κ1) is 16.0. The summed E-state index contributed by atoms with van der Waals surface area (Å²) in [5, 5.41) is 8.83.